The first-order valence-corrected chi connectivity index (χ1v) is 7.99. The number of hydrogen-bond donors (Lipinski definition) is 0. The van der Waals surface area contributed by atoms with Crippen molar-refractivity contribution < 1.29 is 13.7 Å². The number of amides is 1. The third kappa shape index (κ3) is 2.98. The van der Waals surface area contributed by atoms with Crippen LogP contribution in [0.15, 0.2) is 47.2 Å². The molecule has 1 saturated heterocycles. The van der Waals surface area contributed by atoms with Gasteiger partial charge in [0.2, 0.25) is 17.6 Å². The highest BCUT2D eigenvalue weighted by atomic mass is 35.5. The summed E-state index contributed by atoms with van der Waals surface area (Å²) in [6.07, 6.45) is 3.44. The van der Waals surface area contributed by atoms with E-state index in [0.29, 0.717) is 16.7 Å². The fraction of sp³-hybridized carbons (Fsp3) is 0.176. The number of hydrogen-bond acceptors (Lipinski definition) is 5. The summed E-state index contributed by atoms with van der Waals surface area (Å²) in [6, 6.07) is 7.71. The van der Waals surface area contributed by atoms with Gasteiger partial charge in [-0.3, -0.25) is 9.78 Å². The summed E-state index contributed by atoms with van der Waals surface area (Å²) in [7, 11) is 0. The van der Waals surface area contributed by atoms with E-state index in [1.54, 1.807) is 18.5 Å². The number of benzene rings is 1. The van der Waals surface area contributed by atoms with Crippen LogP contribution in [0, 0.1) is 5.82 Å². The smallest absolute Gasteiger partial charge is 0.232 e. The molecule has 3 heterocycles. The van der Waals surface area contributed by atoms with Crippen LogP contribution in [0.5, 0.6) is 0 Å². The second-order valence-electron chi connectivity index (χ2n) is 5.70. The van der Waals surface area contributed by atoms with Crippen LogP contribution in [0.1, 0.15) is 18.2 Å². The second-order valence-corrected chi connectivity index (χ2v) is 6.14. The Bertz CT molecular complexity index is 931. The molecule has 0 saturated carbocycles. The largest absolute Gasteiger partial charge is 0.339 e. The topological polar surface area (TPSA) is 72.1 Å². The van der Waals surface area contributed by atoms with Gasteiger partial charge in [0.25, 0.3) is 0 Å². The molecule has 1 aliphatic heterocycles. The lowest BCUT2D eigenvalue weighted by atomic mass is 10.1. The Labute approximate surface area is 147 Å². The van der Waals surface area contributed by atoms with E-state index >= 15 is 0 Å². The van der Waals surface area contributed by atoms with E-state index in [4.69, 9.17) is 16.1 Å². The number of carbonyl (C=O) groups excluding carboxylic acids is 1. The van der Waals surface area contributed by atoms with Gasteiger partial charge < -0.3 is 9.42 Å². The third-order valence-corrected chi connectivity index (χ3v) is 4.27. The Hall–Kier alpha value is -2.80. The van der Waals surface area contributed by atoms with Gasteiger partial charge in [0.15, 0.2) is 0 Å². The van der Waals surface area contributed by atoms with Crippen molar-refractivity contribution in [2.75, 3.05) is 11.4 Å². The number of pyridine rings is 1. The summed E-state index contributed by atoms with van der Waals surface area (Å²) in [5.74, 6) is -0.267. The lowest BCUT2D eigenvalue weighted by Gasteiger charge is -2.17. The Balaban J connectivity index is 1.59. The Morgan fingerprint density at radius 1 is 1.32 bits per heavy atom. The molecule has 1 aromatic carbocycles. The van der Waals surface area contributed by atoms with Crippen LogP contribution in [0.3, 0.4) is 0 Å². The lowest BCUT2D eigenvalue weighted by Crippen LogP contribution is -2.25. The van der Waals surface area contributed by atoms with Crippen LogP contribution >= 0.6 is 11.6 Å². The molecule has 1 aliphatic rings. The van der Waals surface area contributed by atoms with Crippen molar-refractivity contribution in [2.24, 2.45) is 0 Å². The summed E-state index contributed by atoms with van der Waals surface area (Å²) in [4.78, 5) is 22.0. The van der Waals surface area contributed by atoms with E-state index in [0.717, 1.165) is 5.56 Å². The van der Waals surface area contributed by atoms with Gasteiger partial charge in [-0.2, -0.15) is 4.98 Å². The Kier molecular flexibility index (Phi) is 3.93. The van der Waals surface area contributed by atoms with E-state index in [1.165, 1.54) is 23.1 Å². The number of aromatic nitrogens is 3. The van der Waals surface area contributed by atoms with Crippen molar-refractivity contribution >= 4 is 23.2 Å². The molecule has 0 N–H and O–H groups in total. The zero-order chi connectivity index (χ0) is 17.4. The van der Waals surface area contributed by atoms with Crippen molar-refractivity contribution in [1.29, 1.82) is 0 Å². The number of rotatable bonds is 3. The maximum Gasteiger partial charge on any atom is 0.232 e. The van der Waals surface area contributed by atoms with Crippen LogP contribution in [0.4, 0.5) is 10.1 Å². The minimum Gasteiger partial charge on any atom is -0.339 e. The Morgan fingerprint density at radius 2 is 2.20 bits per heavy atom. The maximum atomic E-state index is 14.0. The molecular weight excluding hydrogens is 347 g/mol. The van der Waals surface area contributed by atoms with Gasteiger partial charge >= 0.3 is 0 Å². The van der Waals surface area contributed by atoms with Crippen LogP contribution < -0.4 is 4.90 Å². The normalized spacial score (nSPS) is 17.3. The number of anilines is 1. The monoisotopic (exact) mass is 358 g/mol. The molecule has 0 bridgehead atoms. The molecule has 25 heavy (non-hydrogen) atoms. The van der Waals surface area contributed by atoms with E-state index < -0.39 is 5.82 Å². The first-order valence-electron chi connectivity index (χ1n) is 7.61. The van der Waals surface area contributed by atoms with Crippen LogP contribution in [0.2, 0.25) is 5.02 Å². The molecule has 2 aromatic heterocycles. The molecule has 4 rings (SSSR count). The van der Waals surface area contributed by atoms with Crippen LogP contribution in [0.25, 0.3) is 11.4 Å². The minimum absolute atomic E-state index is 0.159. The highest BCUT2D eigenvalue weighted by molar-refractivity contribution is 6.31. The molecule has 6 nitrogen and oxygen atoms in total. The number of halogens is 2. The molecule has 0 spiro atoms. The van der Waals surface area contributed by atoms with E-state index in [2.05, 4.69) is 15.1 Å². The molecule has 0 aliphatic carbocycles. The average Bonchev–Trinajstić information content (AvgIpc) is 3.25. The molecule has 1 atom stereocenters. The van der Waals surface area contributed by atoms with Gasteiger partial charge in [-0.25, -0.2) is 4.39 Å². The molecule has 1 unspecified atom stereocenters. The van der Waals surface area contributed by atoms with Crippen LogP contribution in [-0.2, 0) is 4.79 Å². The quantitative estimate of drug-likeness (QED) is 0.717. The standard InChI is InChI=1S/C17H12ClFN4O2/c18-12-3-4-13(19)14(7-12)23-9-11(6-15(23)24)17-21-16(22-25-17)10-2-1-5-20-8-10/h1-5,7-8,11H,6,9H2. The minimum atomic E-state index is -0.500. The van der Waals surface area contributed by atoms with E-state index in [9.17, 15) is 9.18 Å². The SMILES string of the molecule is O=C1CC(c2nc(-c3cccnc3)no2)CN1c1cc(Cl)ccc1F. The summed E-state index contributed by atoms with van der Waals surface area (Å²) < 4.78 is 19.3. The highest BCUT2D eigenvalue weighted by Gasteiger charge is 2.36. The van der Waals surface area contributed by atoms with Crippen molar-refractivity contribution in [1.82, 2.24) is 15.1 Å². The zero-order valence-electron chi connectivity index (χ0n) is 12.9. The number of carbonyl (C=O) groups is 1. The van der Waals surface area contributed by atoms with Gasteiger partial charge in [-0.05, 0) is 30.3 Å². The summed E-state index contributed by atoms with van der Waals surface area (Å²) in [5.41, 5.74) is 0.881. The fourth-order valence-corrected chi connectivity index (χ4v) is 2.98. The van der Waals surface area contributed by atoms with Gasteiger partial charge in [0, 0.05) is 35.9 Å². The van der Waals surface area contributed by atoms with Crippen molar-refractivity contribution in [3.63, 3.8) is 0 Å². The zero-order valence-corrected chi connectivity index (χ0v) is 13.7. The van der Waals surface area contributed by atoms with Gasteiger partial charge in [-0.1, -0.05) is 16.8 Å². The van der Waals surface area contributed by atoms with Gasteiger partial charge in [0.1, 0.15) is 5.82 Å². The molecule has 0 radical (unpaired) electrons. The van der Waals surface area contributed by atoms with Gasteiger partial charge in [0.05, 0.1) is 11.6 Å². The predicted octanol–water partition coefficient (Wildman–Crippen LogP) is 3.44. The number of nitrogens with zero attached hydrogens (tertiary/aromatic N) is 4. The second kappa shape index (κ2) is 6.25. The molecule has 1 fully saturated rings. The lowest BCUT2D eigenvalue weighted by molar-refractivity contribution is -0.117. The molecular formula is C17H12ClFN4O2. The highest BCUT2D eigenvalue weighted by Crippen LogP contribution is 2.34. The van der Waals surface area contributed by atoms with Gasteiger partial charge in [-0.15, -0.1) is 0 Å². The first kappa shape index (κ1) is 15.7. The third-order valence-electron chi connectivity index (χ3n) is 4.03. The molecule has 126 valence electrons. The summed E-state index contributed by atoms with van der Waals surface area (Å²) in [5, 5.41) is 4.30. The molecule has 8 heteroatoms. The first-order chi connectivity index (χ1) is 12.1. The van der Waals surface area contributed by atoms with E-state index in [1.807, 2.05) is 6.07 Å². The van der Waals surface area contributed by atoms with Crippen molar-refractivity contribution in [3.05, 3.63) is 59.5 Å². The average molecular weight is 359 g/mol. The van der Waals surface area contributed by atoms with Crippen molar-refractivity contribution in [2.45, 2.75) is 12.3 Å². The summed E-state index contributed by atoms with van der Waals surface area (Å²) in [6.45, 7) is 0.255. The van der Waals surface area contributed by atoms with Crippen LogP contribution in [-0.4, -0.2) is 27.6 Å². The fourth-order valence-electron chi connectivity index (χ4n) is 2.81. The molecule has 3 aromatic rings. The maximum absolute atomic E-state index is 14.0. The van der Waals surface area contributed by atoms with E-state index in [-0.39, 0.29) is 30.5 Å². The molecule has 1 amide bonds. The predicted molar refractivity (Wildman–Crippen MR) is 88.7 cm³/mol. The van der Waals surface area contributed by atoms with Crippen molar-refractivity contribution in [3.8, 4) is 11.4 Å². The summed E-state index contributed by atoms with van der Waals surface area (Å²) >= 11 is 5.92. The Morgan fingerprint density at radius 3 is 3.00 bits per heavy atom.